The number of halogens is 2. The number of aryl methyl sites for hydroxylation is 1. The molecule has 144 valence electrons. The van der Waals surface area contributed by atoms with Gasteiger partial charge < -0.3 is 4.74 Å². The molecule has 1 aromatic carbocycles. The standard InChI is InChI=1S/C24H28F2O/c1-7-17(3)9-12-19(5)20(6)13-10-18(4)11-14-21-15-16-22(27-8-2)24(26)23(21)25/h9-10,12-13,15-16H,3-8,11,14H2,1-2H3/b12-9-,13-10-. The van der Waals surface area contributed by atoms with Gasteiger partial charge in [-0.05, 0) is 49.0 Å². The van der Waals surface area contributed by atoms with E-state index in [2.05, 4.69) is 26.3 Å². The molecule has 0 saturated heterocycles. The summed E-state index contributed by atoms with van der Waals surface area (Å²) in [7, 11) is 0. The van der Waals surface area contributed by atoms with E-state index in [0.717, 1.165) is 28.7 Å². The molecule has 0 N–H and O–H groups in total. The van der Waals surface area contributed by atoms with E-state index >= 15 is 0 Å². The van der Waals surface area contributed by atoms with Crippen LogP contribution in [0.3, 0.4) is 0 Å². The Morgan fingerprint density at radius 2 is 1.48 bits per heavy atom. The predicted molar refractivity (Wildman–Crippen MR) is 111 cm³/mol. The van der Waals surface area contributed by atoms with Gasteiger partial charge in [0.2, 0.25) is 5.82 Å². The fourth-order valence-electron chi connectivity index (χ4n) is 2.18. The summed E-state index contributed by atoms with van der Waals surface area (Å²) in [5, 5.41) is 0. The number of allylic oxidation sites excluding steroid dienone is 8. The molecule has 0 bridgehead atoms. The average molecular weight is 370 g/mol. The quantitative estimate of drug-likeness (QED) is 0.379. The summed E-state index contributed by atoms with van der Waals surface area (Å²) in [6.07, 6.45) is 9.16. The van der Waals surface area contributed by atoms with Crippen LogP contribution in [0.4, 0.5) is 8.78 Å². The fraction of sp³-hybridized carbons (Fsp3) is 0.250. The van der Waals surface area contributed by atoms with Crippen molar-refractivity contribution in [2.45, 2.75) is 33.1 Å². The molecule has 0 amide bonds. The van der Waals surface area contributed by atoms with Crippen LogP contribution < -0.4 is 4.74 Å². The first-order valence-corrected chi connectivity index (χ1v) is 8.99. The molecule has 1 nitrogen and oxygen atoms in total. The van der Waals surface area contributed by atoms with Crippen LogP contribution in [0.1, 0.15) is 32.3 Å². The van der Waals surface area contributed by atoms with Gasteiger partial charge in [-0.15, -0.1) is 0 Å². The van der Waals surface area contributed by atoms with Crippen LogP contribution in [-0.2, 0) is 6.42 Å². The second-order valence-corrected chi connectivity index (χ2v) is 6.17. The summed E-state index contributed by atoms with van der Waals surface area (Å²) < 4.78 is 33.0. The van der Waals surface area contributed by atoms with Crippen LogP contribution in [0.25, 0.3) is 0 Å². The van der Waals surface area contributed by atoms with Gasteiger partial charge in [-0.3, -0.25) is 0 Å². The first-order valence-electron chi connectivity index (χ1n) is 8.99. The summed E-state index contributed by atoms with van der Waals surface area (Å²) >= 11 is 0. The summed E-state index contributed by atoms with van der Waals surface area (Å²) in [4.78, 5) is 0. The molecule has 1 rings (SSSR count). The zero-order valence-corrected chi connectivity index (χ0v) is 16.3. The lowest BCUT2D eigenvalue weighted by atomic mass is 10.0. The lowest BCUT2D eigenvalue weighted by Crippen LogP contribution is -2.01. The van der Waals surface area contributed by atoms with Crippen LogP contribution in [-0.4, -0.2) is 6.61 Å². The van der Waals surface area contributed by atoms with E-state index in [4.69, 9.17) is 4.74 Å². The molecule has 0 aliphatic carbocycles. The number of ether oxygens (including phenoxy) is 1. The van der Waals surface area contributed by atoms with Gasteiger partial charge in [0.05, 0.1) is 6.61 Å². The van der Waals surface area contributed by atoms with Gasteiger partial charge in [-0.25, -0.2) is 4.39 Å². The number of hydrogen-bond donors (Lipinski definition) is 0. The van der Waals surface area contributed by atoms with E-state index in [-0.39, 0.29) is 12.4 Å². The lowest BCUT2D eigenvalue weighted by Gasteiger charge is -2.09. The molecule has 0 aliphatic heterocycles. The van der Waals surface area contributed by atoms with Gasteiger partial charge >= 0.3 is 0 Å². The van der Waals surface area contributed by atoms with Crippen molar-refractivity contribution < 1.29 is 13.5 Å². The predicted octanol–water partition coefficient (Wildman–Crippen LogP) is 7.04. The summed E-state index contributed by atoms with van der Waals surface area (Å²) in [5.74, 6) is -1.87. The molecular formula is C24H28F2O. The molecule has 1 aromatic rings. The Hall–Kier alpha value is -2.68. The maximum Gasteiger partial charge on any atom is 0.200 e. The zero-order chi connectivity index (χ0) is 20.4. The number of benzene rings is 1. The van der Waals surface area contributed by atoms with Crippen molar-refractivity contribution >= 4 is 0 Å². The van der Waals surface area contributed by atoms with E-state index in [9.17, 15) is 8.78 Å². The summed E-state index contributed by atoms with van der Waals surface area (Å²) in [5.41, 5.74) is 3.65. The van der Waals surface area contributed by atoms with Crippen LogP contribution in [0.15, 0.2) is 85.0 Å². The Morgan fingerprint density at radius 3 is 2.04 bits per heavy atom. The van der Waals surface area contributed by atoms with Crippen molar-refractivity contribution in [3.05, 3.63) is 102 Å². The second kappa shape index (κ2) is 11.1. The van der Waals surface area contributed by atoms with Gasteiger partial charge in [-0.2, -0.15) is 4.39 Å². The van der Waals surface area contributed by atoms with E-state index in [1.54, 1.807) is 13.0 Å². The Labute approximate surface area is 161 Å². The SMILES string of the molecule is C=C(/C=C\C(=C)C(=C)/C=C\C(=C)CCc1ccc(OCC)c(F)c1F)CC. The Bertz CT molecular complexity index is 782. The van der Waals surface area contributed by atoms with Crippen LogP contribution in [0.2, 0.25) is 0 Å². The molecule has 0 radical (unpaired) electrons. The largest absolute Gasteiger partial charge is 0.491 e. The Balaban J connectivity index is 2.63. The van der Waals surface area contributed by atoms with Crippen molar-refractivity contribution in [2.75, 3.05) is 6.61 Å². The van der Waals surface area contributed by atoms with E-state index < -0.39 is 11.6 Å². The molecule has 0 atom stereocenters. The second-order valence-electron chi connectivity index (χ2n) is 6.17. The van der Waals surface area contributed by atoms with Crippen molar-refractivity contribution in [3.63, 3.8) is 0 Å². The third-order valence-corrected chi connectivity index (χ3v) is 4.05. The monoisotopic (exact) mass is 370 g/mol. The molecule has 0 aromatic heterocycles. The van der Waals surface area contributed by atoms with Crippen molar-refractivity contribution in [2.24, 2.45) is 0 Å². The zero-order valence-electron chi connectivity index (χ0n) is 16.3. The lowest BCUT2D eigenvalue weighted by molar-refractivity contribution is 0.313. The summed E-state index contributed by atoms with van der Waals surface area (Å²) in [6, 6.07) is 3.00. The average Bonchev–Trinajstić information content (AvgIpc) is 2.66. The highest BCUT2D eigenvalue weighted by Crippen LogP contribution is 2.24. The maximum absolute atomic E-state index is 14.1. The van der Waals surface area contributed by atoms with Gasteiger partial charge in [0.1, 0.15) is 0 Å². The Morgan fingerprint density at radius 1 is 0.889 bits per heavy atom. The highest BCUT2D eigenvalue weighted by molar-refractivity contribution is 5.45. The van der Waals surface area contributed by atoms with Crippen LogP contribution >= 0.6 is 0 Å². The molecule has 0 unspecified atom stereocenters. The van der Waals surface area contributed by atoms with E-state index in [1.165, 1.54) is 6.07 Å². The first-order chi connectivity index (χ1) is 12.8. The minimum atomic E-state index is -0.944. The third-order valence-electron chi connectivity index (χ3n) is 4.05. The van der Waals surface area contributed by atoms with Gasteiger partial charge in [0.25, 0.3) is 0 Å². The molecule has 27 heavy (non-hydrogen) atoms. The number of rotatable bonds is 11. The number of hydrogen-bond acceptors (Lipinski definition) is 1. The fourth-order valence-corrected chi connectivity index (χ4v) is 2.18. The normalized spacial score (nSPS) is 11.1. The van der Waals surface area contributed by atoms with Crippen molar-refractivity contribution in [1.82, 2.24) is 0 Å². The molecule has 0 aliphatic rings. The highest BCUT2D eigenvalue weighted by Gasteiger charge is 2.14. The van der Waals surface area contributed by atoms with Gasteiger partial charge in [-0.1, -0.05) is 74.8 Å². The van der Waals surface area contributed by atoms with Gasteiger partial charge in [0.15, 0.2) is 11.6 Å². The Kier molecular flexibility index (Phi) is 9.21. The molecular weight excluding hydrogens is 342 g/mol. The smallest absolute Gasteiger partial charge is 0.200 e. The van der Waals surface area contributed by atoms with Gasteiger partial charge in [0, 0.05) is 0 Å². The minimum absolute atomic E-state index is 0.0638. The van der Waals surface area contributed by atoms with Crippen molar-refractivity contribution in [1.29, 1.82) is 0 Å². The van der Waals surface area contributed by atoms with Crippen molar-refractivity contribution in [3.8, 4) is 5.75 Å². The summed E-state index contributed by atoms with van der Waals surface area (Å²) in [6.45, 7) is 19.8. The highest BCUT2D eigenvalue weighted by atomic mass is 19.2. The topological polar surface area (TPSA) is 9.23 Å². The third kappa shape index (κ3) is 7.22. The molecule has 0 heterocycles. The van der Waals surface area contributed by atoms with Crippen LogP contribution in [0, 0.1) is 11.6 Å². The molecule has 0 saturated carbocycles. The first kappa shape index (κ1) is 22.4. The van der Waals surface area contributed by atoms with E-state index in [0.29, 0.717) is 18.4 Å². The van der Waals surface area contributed by atoms with E-state index in [1.807, 2.05) is 31.2 Å². The molecule has 0 spiro atoms. The molecule has 0 fully saturated rings. The maximum atomic E-state index is 14.1. The minimum Gasteiger partial charge on any atom is -0.491 e. The molecule has 3 heteroatoms. The van der Waals surface area contributed by atoms with Crippen LogP contribution in [0.5, 0.6) is 5.75 Å².